The fraction of sp³-hybridized carbons (Fsp3) is 0.300. The van der Waals surface area contributed by atoms with Gasteiger partial charge >= 0.3 is 0 Å². The highest BCUT2D eigenvalue weighted by Gasteiger charge is 2.34. The third kappa shape index (κ3) is 2.87. The monoisotopic (exact) mass is 354 g/mol. The molecule has 4 rings (SSSR count). The van der Waals surface area contributed by atoms with Gasteiger partial charge < -0.3 is 4.98 Å². The van der Waals surface area contributed by atoms with Gasteiger partial charge in [0.25, 0.3) is 0 Å². The van der Waals surface area contributed by atoms with Crippen LogP contribution < -0.4 is 0 Å². The maximum absolute atomic E-state index is 13.1. The molecule has 0 amide bonds. The van der Waals surface area contributed by atoms with Crippen LogP contribution in [0.4, 0.5) is 0 Å². The van der Waals surface area contributed by atoms with E-state index in [0.717, 1.165) is 28.8 Å². The molecule has 1 saturated heterocycles. The summed E-state index contributed by atoms with van der Waals surface area (Å²) in [7, 11) is -3.44. The molecular formula is C20H22N2O2S. The molecule has 2 aromatic carbocycles. The molecule has 5 heteroatoms. The molecule has 2 heterocycles. The summed E-state index contributed by atoms with van der Waals surface area (Å²) in [6, 6.07) is 15.9. The predicted molar refractivity (Wildman–Crippen MR) is 100 cm³/mol. The Bertz CT molecular complexity index is 1000. The first kappa shape index (κ1) is 16.4. The number of fused-ring (bicyclic) bond motifs is 1. The standard InChI is InChI=1S/C20H22N2O2S/c1-14-7-8-15(2)20(11-14)25(23,24)22-10-9-17(13-22)19-12-16-5-3-4-6-18(16)21-19/h3-8,11-12,17,21H,9-10,13H2,1-2H3. The van der Waals surface area contributed by atoms with Gasteiger partial charge in [-0.05, 0) is 55.0 Å². The average molecular weight is 354 g/mol. The number of hydrogen-bond acceptors (Lipinski definition) is 2. The second-order valence-corrected chi connectivity index (χ2v) is 8.84. The number of aromatic amines is 1. The molecule has 0 radical (unpaired) electrons. The number of para-hydroxylation sites is 1. The van der Waals surface area contributed by atoms with E-state index in [4.69, 9.17) is 0 Å². The highest BCUT2D eigenvalue weighted by atomic mass is 32.2. The van der Waals surface area contributed by atoms with E-state index in [1.54, 1.807) is 10.4 Å². The highest BCUT2D eigenvalue weighted by molar-refractivity contribution is 7.89. The first-order valence-electron chi connectivity index (χ1n) is 8.60. The van der Waals surface area contributed by atoms with Crippen LogP contribution in [0.15, 0.2) is 53.4 Å². The van der Waals surface area contributed by atoms with Gasteiger partial charge in [0.2, 0.25) is 10.0 Å². The van der Waals surface area contributed by atoms with Crippen LogP contribution in [0.1, 0.15) is 29.2 Å². The number of benzene rings is 2. The Hall–Kier alpha value is -2.11. The van der Waals surface area contributed by atoms with E-state index in [0.29, 0.717) is 18.0 Å². The Labute approximate surface area is 148 Å². The second-order valence-electron chi connectivity index (χ2n) is 6.93. The van der Waals surface area contributed by atoms with Gasteiger partial charge in [0.05, 0.1) is 4.90 Å². The van der Waals surface area contributed by atoms with Gasteiger partial charge in [0, 0.05) is 30.2 Å². The van der Waals surface area contributed by atoms with Crippen LogP contribution in [-0.2, 0) is 10.0 Å². The van der Waals surface area contributed by atoms with Crippen molar-refractivity contribution in [3.05, 3.63) is 65.4 Å². The lowest BCUT2D eigenvalue weighted by Gasteiger charge is -2.18. The van der Waals surface area contributed by atoms with Crippen LogP contribution in [0.25, 0.3) is 10.9 Å². The molecule has 1 aliphatic rings. The predicted octanol–water partition coefficient (Wildman–Crippen LogP) is 3.96. The summed E-state index contributed by atoms with van der Waals surface area (Å²) in [4.78, 5) is 3.88. The molecule has 1 aliphatic heterocycles. The van der Waals surface area contributed by atoms with E-state index in [9.17, 15) is 8.42 Å². The maximum Gasteiger partial charge on any atom is 0.243 e. The summed E-state index contributed by atoms with van der Waals surface area (Å²) >= 11 is 0. The van der Waals surface area contributed by atoms with Crippen LogP contribution in [-0.4, -0.2) is 30.8 Å². The van der Waals surface area contributed by atoms with E-state index in [-0.39, 0.29) is 5.92 Å². The molecule has 3 aromatic rings. The summed E-state index contributed by atoms with van der Waals surface area (Å²) in [6.45, 7) is 4.88. The van der Waals surface area contributed by atoms with Crippen molar-refractivity contribution in [3.63, 3.8) is 0 Å². The van der Waals surface area contributed by atoms with E-state index in [1.165, 1.54) is 5.39 Å². The first-order chi connectivity index (χ1) is 11.9. The molecule has 1 N–H and O–H groups in total. The third-order valence-corrected chi connectivity index (χ3v) is 7.11. The smallest absolute Gasteiger partial charge is 0.243 e. The molecule has 0 spiro atoms. The maximum atomic E-state index is 13.1. The number of hydrogen-bond donors (Lipinski definition) is 1. The lowest BCUT2D eigenvalue weighted by Crippen LogP contribution is -2.29. The zero-order valence-electron chi connectivity index (χ0n) is 14.5. The molecular weight excluding hydrogens is 332 g/mol. The Morgan fingerprint density at radius 1 is 1.08 bits per heavy atom. The minimum absolute atomic E-state index is 0.215. The van der Waals surface area contributed by atoms with Gasteiger partial charge in [-0.3, -0.25) is 0 Å². The van der Waals surface area contributed by atoms with Crippen LogP contribution >= 0.6 is 0 Å². The normalized spacial score (nSPS) is 18.9. The zero-order chi connectivity index (χ0) is 17.6. The number of nitrogens with zero attached hydrogens (tertiary/aromatic N) is 1. The molecule has 0 saturated carbocycles. The summed E-state index contributed by atoms with van der Waals surface area (Å²) in [5.74, 6) is 0.215. The molecule has 1 unspecified atom stereocenters. The molecule has 25 heavy (non-hydrogen) atoms. The molecule has 1 fully saturated rings. The fourth-order valence-corrected chi connectivity index (χ4v) is 5.45. The van der Waals surface area contributed by atoms with E-state index >= 15 is 0 Å². The van der Waals surface area contributed by atoms with Crippen LogP contribution in [0.5, 0.6) is 0 Å². The van der Waals surface area contributed by atoms with Crippen molar-refractivity contribution in [3.8, 4) is 0 Å². The Morgan fingerprint density at radius 3 is 2.68 bits per heavy atom. The van der Waals surface area contributed by atoms with Crippen molar-refractivity contribution in [1.29, 1.82) is 0 Å². The van der Waals surface area contributed by atoms with Gasteiger partial charge in [0.15, 0.2) is 0 Å². The lowest BCUT2D eigenvalue weighted by molar-refractivity contribution is 0.472. The number of H-pyrrole nitrogens is 1. The number of rotatable bonds is 3. The number of nitrogens with one attached hydrogen (secondary N) is 1. The first-order valence-corrected chi connectivity index (χ1v) is 10.0. The second kappa shape index (κ2) is 6.00. The van der Waals surface area contributed by atoms with Crippen molar-refractivity contribution in [2.45, 2.75) is 31.1 Å². The van der Waals surface area contributed by atoms with Crippen molar-refractivity contribution in [1.82, 2.24) is 9.29 Å². The molecule has 0 bridgehead atoms. The summed E-state index contributed by atoms with van der Waals surface area (Å²) in [5.41, 5.74) is 4.00. The minimum Gasteiger partial charge on any atom is -0.358 e. The van der Waals surface area contributed by atoms with Crippen molar-refractivity contribution >= 4 is 20.9 Å². The van der Waals surface area contributed by atoms with Gasteiger partial charge in [-0.2, -0.15) is 4.31 Å². The molecule has 4 nitrogen and oxygen atoms in total. The highest BCUT2D eigenvalue weighted by Crippen LogP contribution is 2.33. The summed E-state index contributed by atoms with van der Waals surface area (Å²) in [5, 5.41) is 1.17. The Morgan fingerprint density at radius 2 is 1.88 bits per heavy atom. The lowest BCUT2D eigenvalue weighted by atomic mass is 10.1. The summed E-state index contributed by atoms with van der Waals surface area (Å²) < 4.78 is 27.8. The van der Waals surface area contributed by atoms with Crippen molar-refractivity contribution in [2.75, 3.05) is 13.1 Å². The molecule has 1 aromatic heterocycles. The third-order valence-electron chi connectivity index (χ3n) is 5.10. The van der Waals surface area contributed by atoms with Crippen LogP contribution in [0.3, 0.4) is 0 Å². The molecule has 1 atom stereocenters. The topological polar surface area (TPSA) is 53.2 Å². The molecule has 130 valence electrons. The number of aryl methyl sites for hydroxylation is 2. The van der Waals surface area contributed by atoms with Gasteiger partial charge in [-0.15, -0.1) is 0 Å². The van der Waals surface area contributed by atoms with E-state index < -0.39 is 10.0 Å². The van der Waals surface area contributed by atoms with Gasteiger partial charge in [-0.25, -0.2) is 8.42 Å². The van der Waals surface area contributed by atoms with Crippen LogP contribution in [0, 0.1) is 13.8 Å². The number of sulfonamides is 1. The van der Waals surface area contributed by atoms with Gasteiger partial charge in [0.1, 0.15) is 0 Å². The fourth-order valence-electron chi connectivity index (χ4n) is 3.64. The SMILES string of the molecule is Cc1ccc(C)c(S(=O)(=O)N2CCC(c3cc4ccccc4[nH]3)C2)c1. The largest absolute Gasteiger partial charge is 0.358 e. The van der Waals surface area contributed by atoms with Crippen molar-refractivity contribution < 1.29 is 8.42 Å². The van der Waals surface area contributed by atoms with Crippen LogP contribution in [0.2, 0.25) is 0 Å². The van der Waals surface area contributed by atoms with Gasteiger partial charge in [-0.1, -0.05) is 30.3 Å². The number of aromatic nitrogens is 1. The molecule has 0 aliphatic carbocycles. The Balaban J connectivity index is 1.62. The van der Waals surface area contributed by atoms with E-state index in [1.807, 2.05) is 38.1 Å². The quantitative estimate of drug-likeness (QED) is 0.774. The van der Waals surface area contributed by atoms with E-state index in [2.05, 4.69) is 23.2 Å². The van der Waals surface area contributed by atoms with Crippen molar-refractivity contribution in [2.24, 2.45) is 0 Å². The minimum atomic E-state index is -3.44. The Kier molecular flexibility index (Phi) is 3.93. The zero-order valence-corrected chi connectivity index (χ0v) is 15.3. The average Bonchev–Trinajstić information content (AvgIpc) is 3.23. The summed E-state index contributed by atoms with van der Waals surface area (Å²) in [6.07, 6.45) is 0.844.